The summed E-state index contributed by atoms with van der Waals surface area (Å²) in [5.41, 5.74) is 0.248. The number of nitrogens with zero attached hydrogens (tertiary/aromatic N) is 2. The van der Waals surface area contributed by atoms with Crippen molar-refractivity contribution in [2.24, 2.45) is 0 Å². The average molecular weight is 214 g/mol. The number of carbonyl (C=O) groups is 1. The second-order valence-electron chi connectivity index (χ2n) is 3.01. The van der Waals surface area contributed by atoms with E-state index in [0.29, 0.717) is 0 Å². The van der Waals surface area contributed by atoms with Crippen LogP contribution in [0.1, 0.15) is 30.8 Å². The van der Waals surface area contributed by atoms with Crippen LogP contribution in [0.2, 0.25) is 5.15 Å². The Kier molecular flexibility index (Phi) is 3.83. The molecule has 0 saturated carbocycles. The molecular weight excluding hydrogens is 202 g/mol. The van der Waals surface area contributed by atoms with Crippen LogP contribution < -0.4 is 5.32 Å². The SMILES string of the molecule is CCC(C)NC(=O)c1cncc(Cl)n1. The summed E-state index contributed by atoms with van der Waals surface area (Å²) in [5, 5.41) is 3.00. The zero-order chi connectivity index (χ0) is 10.6. The highest BCUT2D eigenvalue weighted by Gasteiger charge is 2.10. The molecule has 0 aromatic carbocycles. The molecule has 1 atom stereocenters. The van der Waals surface area contributed by atoms with Crippen LogP contribution in [0.5, 0.6) is 0 Å². The van der Waals surface area contributed by atoms with Crippen LogP contribution in [0.25, 0.3) is 0 Å². The molecule has 0 aliphatic rings. The Morgan fingerprint density at radius 2 is 2.36 bits per heavy atom. The highest BCUT2D eigenvalue weighted by Crippen LogP contribution is 2.02. The monoisotopic (exact) mass is 213 g/mol. The van der Waals surface area contributed by atoms with Crippen molar-refractivity contribution in [1.29, 1.82) is 0 Å². The average Bonchev–Trinajstić information content (AvgIpc) is 2.17. The largest absolute Gasteiger partial charge is 0.348 e. The van der Waals surface area contributed by atoms with E-state index in [-0.39, 0.29) is 22.8 Å². The minimum Gasteiger partial charge on any atom is -0.348 e. The maximum atomic E-state index is 11.5. The number of hydrogen-bond donors (Lipinski definition) is 1. The first-order chi connectivity index (χ1) is 6.63. The van der Waals surface area contributed by atoms with Crippen molar-refractivity contribution in [1.82, 2.24) is 15.3 Å². The fourth-order valence-electron chi connectivity index (χ4n) is 0.851. The number of halogens is 1. The molecule has 0 bridgehead atoms. The fourth-order valence-corrected chi connectivity index (χ4v) is 0.999. The predicted octanol–water partition coefficient (Wildman–Crippen LogP) is 1.66. The van der Waals surface area contributed by atoms with Gasteiger partial charge in [0, 0.05) is 6.04 Å². The zero-order valence-corrected chi connectivity index (χ0v) is 8.88. The van der Waals surface area contributed by atoms with Crippen LogP contribution in [-0.4, -0.2) is 21.9 Å². The van der Waals surface area contributed by atoms with Gasteiger partial charge in [-0.1, -0.05) is 18.5 Å². The lowest BCUT2D eigenvalue weighted by Crippen LogP contribution is -2.32. The summed E-state index contributed by atoms with van der Waals surface area (Å²) in [6.45, 7) is 3.92. The molecule has 1 N–H and O–H groups in total. The third-order valence-electron chi connectivity index (χ3n) is 1.83. The van der Waals surface area contributed by atoms with Crippen molar-refractivity contribution < 1.29 is 4.79 Å². The summed E-state index contributed by atoms with van der Waals surface area (Å²) in [4.78, 5) is 19.1. The van der Waals surface area contributed by atoms with Gasteiger partial charge >= 0.3 is 0 Å². The summed E-state index contributed by atoms with van der Waals surface area (Å²) in [6.07, 6.45) is 3.66. The van der Waals surface area contributed by atoms with E-state index >= 15 is 0 Å². The van der Waals surface area contributed by atoms with Gasteiger partial charge in [-0.15, -0.1) is 0 Å². The maximum Gasteiger partial charge on any atom is 0.271 e. The van der Waals surface area contributed by atoms with Crippen molar-refractivity contribution in [3.63, 3.8) is 0 Å². The minimum atomic E-state index is -0.241. The molecule has 4 nitrogen and oxygen atoms in total. The molecule has 0 spiro atoms. The van der Waals surface area contributed by atoms with Gasteiger partial charge in [0.05, 0.1) is 12.4 Å². The summed E-state index contributed by atoms with van der Waals surface area (Å²) < 4.78 is 0. The van der Waals surface area contributed by atoms with Crippen LogP contribution >= 0.6 is 11.6 Å². The quantitative estimate of drug-likeness (QED) is 0.831. The van der Waals surface area contributed by atoms with Crippen molar-refractivity contribution in [2.75, 3.05) is 0 Å². The molecule has 76 valence electrons. The topological polar surface area (TPSA) is 54.9 Å². The summed E-state index contributed by atoms with van der Waals surface area (Å²) >= 11 is 5.61. The lowest BCUT2D eigenvalue weighted by atomic mass is 10.2. The summed E-state index contributed by atoms with van der Waals surface area (Å²) in [7, 11) is 0. The second kappa shape index (κ2) is 4.91. The predicted molar refractivity (Wildman–Crippen MR) is 54.3 cm³/mol. The molecule has 1 aromatic rings. The number of hydrogen-bond acceptors (Lipinski definition) is 3. The van der Waals surface area contributed by atoms with Crippen molar-refractivity contribution in [2.45, 2.75) is 26.3 Å². The molecule has 1 amide bonds. The van der Waals surface area contributed by atoms with E-state index in [4.69, 9.17) is 11.6 Å². The molecule has 0 fully saturated rings. The van der Waals surface area contributed by atoms with Gasteiger partial charge in [0.2, 0.25) is 0 Å². The van der Waals surface area contributed by atoms with Gasteiger partial charge in [-0.25, -0.2) is 4.98 Å². The number of amides is 1. The molecular formula is C9H12ClN3O. The normalized spacial score (nSPS) is 12.2. The highest BCUT2D eigenvalue weighted by atomic mass is 35.5. The van der Waals surface area contributed by atoms with Crippen LogP contribution in [0.3, 0.4) is 0 Å². The van der Waals surface area contributed by atoms with Gasteiger partial charge in [0.25, 0.3) is 5.91 Å². The molecule has 0 radical (unpaired) electrons. The van der Waals surface area contributed by atoms with Gasteiger partial charge in [-0.05, 0) is 13.3 Å². The third kappa shape index (κ3) is 2.96. The van der Waals surface area contributed by atoms with E-state index in [9.17, 15) is 4.79 Å². The van der Waals surface area contributed by atoms with Crippen LogP contribution in [-0.2, 0) is 0 Å². The van der Waals surface area contributed by atoms with Crippen LogP contribution in [0.4, 0.5) is 0 Å². The molecule has 0 saturated heterocycles. The smallest absolute Gasteiger partial charge is 0.271 e. The molecule has 1 heterocycles. The standard InChI is InChI=1S/C9H12ClN3O/c1-3-6(2)12-9(14)7-4-11-5-8(10)13-7/h4-6H,3H2,1-2H3,(H,12,14). The Labute approximate surface area is 87.7 Å². The molecule has 0 aliphatic heterocycles. The lowest BCUT2D eigenvalue weighted by molar-refractivity contribution is 0.0934. The summed E-state index contributed by atoms with van der Waals surface area (Å²) in [5.74, 6) is -0.241. The number of rotatable bonds is 3. The van der Waals surface area contributed by atoms with Gasteiger partial charge in [-0.2, -0.15) is 0 Å². The first-order valence-electron chi connectivity index (χ1n) is 4.42. The lowest BCUT2D eigenvalue weighted by Gasteiger charge is -2.10. The maximum absolute atomic E-state index is 11.5. The van der Waals surface area contributed by atoms with Gasteiger partial charge in [0.15, 0.2) is 0 Å². The Balaban J connectivity index is 2.70. The van der Waals surface area contributed by atoms with Gasteiger partial charge in [0.1, 0.15) is 10.8 Å². The van der Waals surface area contributed by atoms with E-state index in [2.05, 4.69) is 15.3 Å². The Hall–Kier alpha value is -1.16. The van der Waals surface area contributed by atoms with Crippen LogP contribution in [0.15, 0.2) is 12.4 Å². The fraction of sp³-hybridized carbons (Fsp3) is 0.444. The van der Waals surface area contributed by atoms with Crippen molar-refractivity contribution >= 4 is 17.5 Å². The molecule has 1 rings (SSSR count). The second-order valence-corrected chi connectivity index (χ2v) is 3.40. The van der Waals surface area contributed by atoms with Crippen molar-refractivity contribution in [3.8, 4) is 0 Å². The zero-order valence-electron chi connectivity index (χ0n) is 8.12. The van der Waals surface area contributed by atoms with E-state index in [0.717, 1.165) is 6.42 Å². The molecule has 1 aromatic heterocycles. The number of nitrogens with one attached hydrogen (secondary N) is 1. The van der Waals surface area contributed by atoms with E-state index in [1.807, 2.05) is 13.8 Å². The minimum absolute atomic E-state index is 0.128. The van der Waals surface area contributed by atoms with Gasteiger partial charge < -0.3 is 5.32 Å². The third-order valence-corrected chi connectivity index (χ3v) is 2.01. The Morgan fingerprint density at radius 1 is 1.64 bits per heavy atom. The van der Waals surface area contributed by atoms with E-state index in [1.54, 1.807) is 0 Å². The Morgan fingerprint density at radius 3 is 2.93 bits per heavy atom. The van der Waals surface area contributed by atoms with Crippen LogP contribution in [0, 0.1) is 0 Å². The highest BCUT2D eigenvalue weighted by molar-refractivity contribution is 6.29. The molecule has 1 unspecified atom stereocenters. The van der Waals surface area contributed by atoms with Gasteiger partial charge in [-0.3, -0.25) is 9.78 Å². The first kappa shape index (κ1) is 10.9. The van der Waals surface area contributed by atoms with E-state index in [1.165, 1.54) is 12.4 Å². The molecule has 14 heavy (non-hydrogen) atoms. The van der Waals surface area contributed by atoms with E-state index < -0.39 is 0 Å². The molecule has 5 heteroatoms. The van der Waals surface area contributed by atoms with Crippen molar-refractivity contribution in [3.05, 3.63) is 23.2 Å². The number of aromatic nitrogens is 2. The first-order valence-corrected chi connectivity index (χ1v) is 4.79. The molecule has 0 aliphatic carbocycles. The Bertz CT molecular complexity index is 330. The summed E-state index contributed by atoms with van der Waals surface area (Å²) in [6, 6.07) is 0.128. The number of carbonyl (C=O) groups excluding carboxylic acids is 1.